The van der Waals surface area contributed by atoms with Gasteiger partial charge < -0.3 is 5.32 Å². The second kappa shape index (κ2) is 11.2. The van der Waals surface area contributed by atoms with E-state index < -0.39 is 14.9 Å². The largest absolute Gasteiger partial charge is 0.322 e. The Bertz CT molecular complexity index is 1560. The SMILES string of the molecule is Cc1c(N(Cc2ccc(C(=O)Nc3ccc(Cc4ccncc4)cc3)cc2)S(C)(=O)=O)cccc1[N+](=O)[O-]. The number of nitro groups is 1. The Balaban J connectivity index is 1.45. The standard InChI is InChI=1S/C28H26N4O5S/c1-20-26(4-3-5-27(20)32(34)35)31(38(2,36)37)19-23-6-10-24(11-7-23)28(33)30-25-12-8-21(9-13-25)18-22-14-16-29-17-15-22/h3-17H,18-19H2,1-2H3,(H,30,33). The third-order valence-electron chi connectivity index (χ3n) is 6.05. The van der Waals surface area contributed by atoms with Gasteiger partial charge in [-0.1, -0.05) is 30.3 Å². The zero-order valence-electron chi connectivity index (χ0n) is 20.9. The lowest BCUT2D eigenvalue weighted by molar-refractivity contribution is -0.385. The van der Waals surface area contributed by atoms with Crippen LogP contribution < -0.4 is 9.62 Å². The number of aromatic nitrogens is 1. The summed E-state index contributed by atoms with van der Waals surface area (Å²) in [6, 6.07) is 22.4. The van der Waals surface area contributed by atoms with E-state index in [0.29, 0.717) is 16.8 Å². The number of hydrogen-bond donors (Lipinski definition) is 1. The molecule has 4 aromatic rings. The number of pyridine rings is 1. The summed E-state index contributed by atoms with van der Waals surface area (Å²) in [5.41, 5.74) is 4.27. The van der Waals surface area contributed by atoms with Gasteiger partial charge in [0.05, 0.1) is 29.0 Å². The highest BCUT2D eigenvalue weighted by Crippen LogP contribution is 2.31. The molecule has 0 fully saturated rings. The molecule has 1 aromatic heterocycles. The first kappa shape index (κ1) is 26.5. The Kier molecular flexibility index (Phi) is 7.82. The topological polar surface area (TPSA) is 123 Å². The molecule has 0 saturated carbocycles. The van der Waals surface area contributed by atoms with Crippen molar-refractivity contribution in [3.63, 3.8) is 0 Å². The van der Waals surface area contributed by atoms with Crippen molar-refractivity contribution in [1.82, 2.24) is 4.98 Å². The summed E-state index contributed by atoms with van der Waals surface area (Å²) in [5, 5.41) is 14.2. The Hall–Kier alpha value is -4.57. The summed E-state index contributed by atoms with van der Waals surface area (Å²) in [7, 11) is -3.74. The molecule has 0 saturated heterocycles. The normalized spacial score (nSPS) is 11.1. The van der Waals surface area contributed by atoms with Crippen LogP contribution in [0.5, 0.6) is 0 Å². The van der Waals surface area contributed by atoms with Crippen LogP contribution in [0.4, 0.5) is 17.1 Å². The first-order valence-electron chi connectivity index (χ1n) is 11.7. The maximum absolute atomic E-state index is 12.8. The van der Waals surface area contributed by atoms with Crippen LogP contribution in [0.3, 0.4) is 0 Å². The molecule has 194 valence electrons. The molecule has 10 heteroatoms. The highest BCUT2D eigenvalue weighted by atomic mass is 32.2. The summed E-state index contributed by atoms with van der Waals surface area (Å²) < 4.78 is 26.2. The lowest BCUT2D eigenvalue weighted by Crippen LogP contribution is -2.30. The number of rotatable bonds is 9. The summed E-state index contributed by atoms with van der Waals surface area (Å²) in [5.74, 6) is -0.298. The number of anilines is 2. The van der Waals surface area contributed by atoms with Crippen molar-refractivity contribution in [3.05, 3.63) is 129 Å². The quantitative estimate of drug-likeness (QED) is 0.237. The van der Waals surface area contributed by atoms with Crippen LogP contribution in [0.2, 0.25) is 0 Å². The van der Waals surface area contributed by atoms with Gasteiger partial charge in [0.1, 0.15) is 0 Å². The maximum Gasteiger partial charge on any atom is 0.274 e. The van der Waals surface area contributed by atoms with Crippen molar-refractivity contribution < 1.29 is 18.1 Å². The molecule has 0 aliphatic heterocycles. The first-order chi connectivity index (χ1) is 18.1. The third-order valence-corrected chi connectivity index (χ3v) is 7.18. The summed E-state index contributed by atoms with van der Waals surface area (Å²) in [6.45, 7) is 1.48. The number of nitrogens with zero attached hydrogens (tertiary/aromatic N) is 3. The number of carbonyl (C=O) groups is 1. The fourth-order valence-electron chi connectivity index (χ4n) is 4.03. The first-order valence-corrected chi connectivity index (χ1v) is 13.6. The summed E-state index contributed by atoms with van der Waals surface area (Å²) in [4.78, 5) is 27.6. The summed E-state index contributed by atoms with van der Waals surface area (Å²) in [6.07, 6.45) is 5.32. The molecule has 3 aromatic carbocycles. The van der Waals surface area contributed by atoms with Gasteiger partial charge in [0.25, 0.3) is 11.6 Å². The molecule has 0 aliphatic rings. The van der Waals surface area contributed by atoms with E-state index in [1.807, 2.05) is 36.4 Å². The van der Waals surface area contributed by atoms with Crippen LogP contribution in [0.15, 0.2) is 91.3 Å². The van der Waals surface area contributed by atoms with E-state index >= 15 is 0 Å². The molecule has 4 rings (SSSR count). The number of carbonyl (C=O) groups excluding carboxylic acids is 1. The lowest BCUT2D eigenvalue weighted by atomic mass is 10.1. The average Bonchev–Trinajstić information content (AvgIpc) is 2.89. The van der Waals surface area contributed by atoms with Crippen LogP contribution >= 0.6 is 0 Å². The molecule has 0 bridgehead atoms. The maximum atomic E-state index is 12.8. The van der Waals surface area contributed by atoms with Crippen LogP contribution in [0, 0.1) is 17.0 Å². The van der Waals surface area contributed by atoms with Crippen molar-refractivity contribution in [2.45, 2.75) is 19.9 Å². The molecule has 1 N–H and O–H groups in total. The number of sulfonamides is 1. The second-order valence-electron chi connectivity index (χ2n) is 8.83. The third kappa shape index (κ3) is 6.40. The minimum Gasteiger partial charge on any atom is -0.322 e. The number of benzene rings is 3. The monoisotopic (exact) mass is 530 g/mol. The van der Waals surface area contributed by atoms with Gasteiger partial charge in [-0.2, -0.15) is 0 Å². The zero-order chi connectivity index (χ0) is 27.3. The molecule has 0 aliphatic carbocycles. The predicted molar refractivity (Wildman–Crippen MR) is 147 cm³/mol. The minimum absolute atomic E-state index is 0.0400. The van der Waals surface area contributed by atoms with Crippen LogP contribution in [0.25, 0.3) is 0 Å². The smallest absolute Gasteiger partial charge is 0.274 e. The van der Waals surface area contributed by atoms with Gasteiger partial charge in [0.2, 0.25) is 10.0 Å². The number of amides is 1. The van der Waals surface area contributed by atoms with E-state index in [0.717, 1.165) is 28.1 Å². The van der Waals surface area contributed by atoms with Gasteiger partial charge in [-0.15, -0.1) is 0 Å². The van der Waals surface area contributed by atoms with Crippen LogP contribution in [-0.4, -0.2) is 30.5 Å². The van der Waals surface area contributed by atoms with E-state index in [1.54, 1.807) is 36.7 Å². The molecule has 0 radical (unpaired) electrons. The highest BCUT2D eigenvalue weighted by Gasteiger charge is 2.24. The molecule has 0 spiro atoms. The van der Waals surface area contributed by atoms with E-state index in [2.05, 4.69) is 10.3 Å². The van der Waals surface area contributed by atoms with Gasteiger partial charge in [-0.05, 0) is 72.5 Å². The molecule has 0 unspecified atom stereocenters. The Morgan fingerprint density at radius 3 is 2.13 bits per heavy atom. The predicted octanol–water partition coefficient (Wildman–Crippen LogP) is 5.11. The minimum atomic E-state index is -3.74. The molecule has 0 atom stereocenters. The van der Waals surface area contributed by atoms with Gasteiger partial charge in [-0.3, -0.25) is 24.2 Å². The van der Waals surface area contributed by atoms with E-state index in [1.165, 1.54) is 25.1 Å². The zero-order valence-corrected chi connectivity index (χ0v) is 21.7. The van der Waals surface area contributed by atoms with E-state index in [9.17, 15) is 23.3 Å². The molecule has 1 amide bonds. The van der Waals surface area contributed by atoms with Gasteiger partial charge in [0.15, 0.2) is 0 Å². The van der Waals surface area contributed by atoms with Crippen molar-refractivity contribution in [2.24, 2.45) is 0 Å². The number of nitrogens with one attached hydrogen (secondary N) is 1. The molecule has 1 heterocycles. The van der Waals surface area contributed by atoms with Crippen LogP contribution in [-0.2, 0) is 23.0 Å². The molecular formula is C28H26N4O5S. The van der Waals surface area contributed by atoms with Crippen molar-refractivity contribution >= 4 is 33.0 Å². The van der Waals surface area contributed by atoms with Gasteiger partial charge in [-0.25, -0.2) is 8.42 Å². The molecular weight excluding hydrogens is 504 g/mol. The second-order valence-corrected chi connectivity index (χ2v) is 10.7. The lowest BCUT2D eigenvalue weighted by Gasteiger charge is -2.24. The van der Waals surface area contributed by atoms with Crippen LogP contribution in [0.1, 0.15) is 32.6 Å². The molecule has 9 nitrogen and oxygen atoms in total. The van der Waals surface area contributed by atoms with E-state index in [-0.39, 0.29) is 29.4 Å². The van der Waals surface area contributed by atoms with Gasteiger partial charge in [0, 0.05) is 29.7 Å². The average molecular weight is 531 g/mol. The highest BCUT2D eigenvalue weighted by molar-refractivity contribution is 7.92. The van der Waals surface area contributed by atoms with Crippen molar-refractivity contribution in [3.8, 4) is 0 Å². The fraction of sp³-hybridized carbons (Fsp3) is 0.143. The Morgan fingerprint density at radius 2 is 1.53 bits per heavy atom. The number of nitro benzene ring substituents is 1. The van der Waals surface area contributed by atoms with Gasteiger partial charge >= 0.3 is 0 Å². The summed E-state index contributed by atoms with van der Waals surface area (Å²) >= 11 is 0. The Morgan fingerprint density at radius 1 is 0.921 bits per heavy atom. The molecule has 38 heavy (non-hydrogen) atoms. The number of hydrogen-bond acceptors (Lipinski definition) is 6. The van der Waals surface area contributed by atoms with Crippen molar-refractivity contribution in [2.75, 3.05) is 15.9 Å². The Labute approximate surface area is 221 Å². The van der Waals surface area contributed by atoms with Crippen molar-refractivity contribution in [1.29, 1.82) is 0 Å². The van der Waals surface area contributed by atoms with E-state index in [4.69, 9.17) is 0 Å². The fourth-order valence-corrected chi connectivity index (χ4v) is 4.97.